The van der Waals surface area contributed by atoms with Crippen molar-refractivity contribution in [3.63, 3.8) is 0 Å². The van der Waals surface area contributed by atoms with Crippen LogP contribution in [0.15, 0.2) is 34.9 Å². The molecule has 11 nitrogen and oxygen atoms in total. The predicted molar refractivity (Wildman–Crippen MR) is 115 cm³/mol. The summed E-state index contributed by atoms with van der Waals surface area (Å²) in [5, 5.41) is 41.8. The number of sulfonamides is 1. The van der Waals surface area contributed by atoms with Crippen LogP contribution >= 0.6 is 11.6 Å². The molecule has 2 aliphatic rings. The Morgan fingerprint density at radius 3 is 2.48 bits per heavy atom. The molecule has 3 rings (SSSR count). The Morgan fingerprint density at radius 1 is 1.27 bits per heavy atom. The molecule has 0 unspecified atom stereocenters. The number of amides is 1. The number of carboxylic acid groups (broad SMARTS) is 1. The van der Waals surface area contributed by atoms with Gasteiger partial charge in [0.05, 0.1) is 23.6 Å². The molecule has 1 amide bonds. The van der Waals surface area contributed by atoms with E-state index in [2.05, 4.69) is 10.0 Å². The van der Waals surface area contributed by atoms with Gasteiger partial charge in [-0.25, -0.2) is 17.9 Å². The highest BCUT2D eigenvalue weighted by atomic mass is 35.5. The molecule has 0 radical (unpaired) electrons. The van der Waals surface area contributed by atoms with Crippen molar-refractivity contribution < 1.29 is 43.2 Å². The molecule has 1 fully saturated rings. The summed E-state index contributed by atoms with van der Waals surface area (Å²) in [6.45, 7) is 0.809. The van der Waals surface area contributed by atoms with E-state index in [0.717, 1.165) is 6.08 Å². The first-order valence-electron chi connectivity index (χ1n) is 10.1. The van der Waals surface area contributed by atoms with E-state index in [4.69, 9.17) is 16.3 Å². The molecule has 1 aliphatic carbocycles. The minimum atomic E-state index is -4.27. The Morgan fingerprint density at radius 2 is 1.94 bits per heavy atom. The van der Waals surface area contributed by atoms with E-state index in [-0.39, 0.29) is 15.8 Å². The first-order chi connectivity index (χ1) is 15.4. The summed E-state index contributed by atoms with van der Waals surface area (Å²) in [7, 11) is -4.27. The number of aliphatic hydroxyl groups is 3. The van der Waals surface area contributed by atoms with Gasteiger partial charge < -0.3 is 30.5 Å². The van der Waals surface area contributed by atoms with E-state index in [1.165, 1.54) is 18.2 Å². The molecular formula is C20H25ClN2O9S. The van der Waals surface area contributed by atoms with Crippen LogP contribution in [0.3, 0.4) is 0 Å². The van der Waals surface area contributed by atoms with Crippen LogP contribution in [0.2, 0.25) is 5.02 Å². The van der Waals surface area contributed by atoms with Gasteiger partial charge in [-0.05, 0) is 43.5 Å². The second-order valence-electron chi connectivity index (χ2n) is 8.03. The minimum Gasteiger partial charge on any atom is -0.478 e. The zero-order valence-corrected chi connectivity index (χ0v) is 19.1. The number of rotatable bonds is 9. The van der Waals surface area contributed by atoms with Gasteiger partial charge in [0, 0.05) is 10.9 Å². The Kier molecular flexibility index (Phi) is 7.66. The molecule has 0 bridgehead atoms. The topological polar surface area (TPSA) is 182 Å². The van der Waals surface area contributed by atoms with E-state index < -0.39 is 64.7 Å². The number of aliphatic hydroxyl groups excluding tert-OH is 3. The third-order valence-electron chi connectivity index (χ3n) is 5.47. The van der Waals surface area contributed by atoms with E-state index in [9.17, 15) is 38.4 Å². The van der Waals surface area contributed by atoms with Crippen LogP contribution in [0.5, 0.6) is 0 Å². The summed E-state index contributed by atoms with van der Waals surface area (Å²) in [6, 6.07) is 1.36. The lowest BCUT2D eigenvalue weighted by molar-refractivity contribution is -0.146. The molecule has 1 aromatic carbocycles. The highest BCUT2D eigenvalue weighted by molar-refractivity contribution is 7.89. The first-order valence-corrected chi connectivity index (χ1v) is 12.0. The average Bonchev–Trinajstić information content (AvgIpc) is 3.60. The Bertz CT molecular complexity index is 1060. The van der Waals surface area contributed by atoms with Crippen LogP contribution in [0.1, 0.15) is 18.4 Å². The fraction of sp³-hybridized carbons (Fsp3) is 0.500. The van der Waals surface area contributed by atoms with Crippen LogP contribution in [0.4, 0.5) is 0 Å². The van der Waals surface area contributed by atoms with Crippen LogP contribution < -0.4 is 10.0 Å². The number of carbonyl (C=O) groups excluding carboxylic acids is 1. The third-order valence-corrected chi connectivity index (χ3v) is 7.33. The molecule has 1 aromatic rings. The highest BCUT2D eigenvalue weighted by Gasteiger charge is 2.46. The molecule has 13 heteroatoms. The minimum absolute atomic E-state index is 0.199. The standard InChI is InChI=1S/C20H25ClN2O9S/c1-9-2-5-11(6-12(9)21)33(30,31)23-13-7-15(20(28)29)32-18(17(26)14(25)8-24)16(13)22-19(27)10-3-4-10/h2,5-7,10,13-14,16-18,23-26H,3-4,8H2,1H3,(H,22,27)(H,28,29)/t13-,14+,16+,17+,18+/m0/s1. The Balaban J connectivity index is 2.00. The molecule has 182 valence electrons. The van der Waals surface area contributed by atoms with Crippen LogP contribution in [-0.4, -0.2) is 77.7 Å². The first kappa shape index (κ1) is 25.4. The maximum absolute atomic E-state index is 13.0. The van der Waals surface area contributed by atoms with Gasteiger partial charge in [0.25, 0.3) is 0 Å². The molecule has 1 aliphatic heterocycles. The second kappa shape index (κ2) is 9.95. The second-order valence-corrected chi connectivity index (χ2v) is 10.1. The van der Waals surface area contributed by atoms with E-state index >= 15 is 0 Å². The largest absolute Gasteiger partial charge is 0.478 e. The lowest BCUT2D eigenvalue weighted by Crippen LogP contribution is -2.64. The normalized spacial score (nSPS) is 24.9. The fourth-order valence-electron chi connectivity index (χ4n) is 3.36. The maximum Gasteiger partial charge on any atom is 0.370 e. The number of benzene rings is 1. The zero-order chi connectivity index (χ0) is 24.5. The number of carboxylic acids is 1. The lowest BCUT2D eigenvalue weighted by atomic mass is 9.92. The Hall–Kier alpha value is -2.22. The Labute approximate surface area is 195 Å². The molecule has 0 aromatic heterocycles. The van der Waals surface area contributed by atoms with E-state index in [1.807, 2.05) is 0 Å². The summed E-state index contributed by atoms with van der Waals surface area (Å²) >= 11 is 6.04. The number of aryl methyl sites for hydroxylation is 1. The van der Waals surface area contributed by atoms with E-state index in [1.54, 1.807) is 6.92 Å². The van der Waals surface area contributed by atoms with Crippen molar-refractivity contribution in [3.8, 4) is 0 Å². The van der Waals surface area contributed by atoms with Crippen LogP contribution in [-0.2, 0) is 24.3 Å². The monoisotopic (exact) mass is 504 g/mol. The quantitative estimate of drug-likeness (QED) is 0.252. The highest BCUT2D eigenvalue weighted by Crippen LogP contribution is 2.31. The molecule has 1 saturated carbocycles. The molecule has 1 heterocycles. The number of aliphatic carboxylic acids is 1. The van der Waals surface area contributed by atoms with Crippen molar-refractivity contribution in [1.82, 2.24) is 10.0 Å². The number of carbonyl (C=O) groups is 2. The molecule has 0 saturated heterocycles. The summed E-state index contributed by atoms with van der Waals surface area (Å²) in [5.74, 6) is -2.99. The number of halogens is 1. The van der Waals surface area contributed by atoms with Gasteiger partial charge in [-0.3, -0.25) is 4.79 Å². The molecule has 6 N–H and O–H groups in total. The van der Waals surface area contributed by atoms with Gasteiger partial charge >= 0.3 is 5.97 Å². The summed E-state index contributed by atoms with van der Waals surface area (Å²) < 4.78 is 33.7. The zero-order valence-electron chi connectivity index (χ0n) is 17.5. The SMILES string of the molecule is Cc1ccc(S(=O)(=O)N[C@H]2C=C(C(=O)O)O[C@@H]([C@H](O)[C@H](O)CO)[C@@H]2NC(=O)C2CC2)cc1Cl. The maximum atomic E-state index is 13.0. The van der Waals surface area contributed by atoms with E-state index in [0.29, 0.717) is 18.4 Å². The molecule has 33 heavy (non-hydrogen) atoms. The number of ether oxygens (including phenoxy) is 1. The van der Waals surface area contributed by atoms with Crippen molar-refractivity contribution in [1.29, 1.82) is 0 Å². The molecular weight excluding hydrogens is 480 g/mol. The summed E-state index contributed by atoms with van der Waals surface area (Å²) in [6.07, 6.45) is -2.96. The van der Waals surface area contributed by atoms with Gasteiger partial charge in [-0.15, -0.1) is 0 Å². The van der Waals surface area contributed by atoms with Gasteiger partial charge in [-0.2, -0.15) is 0 Å². The number of hydrogen-bond donors (Lipinski definition) is 6. The van der Waals surface area contributed by atoms with Crippen molar-refractivity contribution in [2.24, 2.45) is 5.92 Å². The van der Waals surface area contributed by atoms with Crippen LogP contribution in [0.25, 0.3) is 0 Å². The lowest BCUT2D eigenvalue weighted by Gasteiger charge is -2.40. The van der Waals surface area contributed by atoms with Gasteiger partial charge in [0.2, 0.25) is 21.7 Å². The summed E-state index contributed by atoms with van der Waals surface area (Å²) in [5.41, 5.74) is 0.644. The van der Waals surface area contributed by atoms with Gasteiger partial charge in [0.15, 0.2) is 0 Å². The molecule has 0 spiro atoms. The van der Waals surface area contributed by atoms with Gasteiger partial charge in [-0.1, -0.05) is 17.7 Å². The predicted octanol–water partition coefficient (Wildman–Crippen LogP) is -0.728. The van der Waals surface area contributed by atoms with Gasteiger partial charge in [0.1, 0.15) is 18.3 Å². The van der Waals surface area contributed by atoms with Crippen molar-refractivity contribution in [2.75, 3.05) is 6.61 Å². The third kappa shape index (κ3) is 5.83. The van der Waals surface area contributed by atoms with Crippen LogP contribution in [0, 0.1) is 12.8 Å². The van der Waals surface area contributed by atoms with Crippen molar-refractivity contribution in [2.45, 2.75) is 55.1 Å². The summed E-state index contributed by atoms with van der Waals surface area (Å²) in [4.78, 5) is 23.9. The fourth-order valence-corrected chi connectivity index (χ4v) is 4.83. The number of hydrogen-bond acceptors (Lipinski definition) is 8. The average molecular weight is 505 g/mol. The number of nitrogens with one attached hydrogen (secondary N) is 2. The van der Waals surface area contributed by atoms with Crippen molar-refractivity contribution >= 4 is 33.5 Å². The smallest absolute Gasteiger partial charge is 0.370 e. The van der Waals surface area contributed by atoms with Crippen molar-refractivity contribution in [3.05, 3.63) is 40.6 Å². The molecule has 5 atom stereocenters.